The normalized spacial score (nSPS) is 17.1. The maximum atomic E-state index is 12.2. The molecule has 0 saturated heterocycles. The van der Waals surface area contributed by atoms with Crippen molar-refractivity contribution in [2.45, 2.75) is 33.3 Å². The van der Waals surface area contributed by atoms with Crippen LogP contribution in [0.3, 0.4) is 0 Å². The summed E-state index contributed by atoms with van der Waals surface area (Å²) in [7, 11) is 0. The Bertz CT molecular complexity index is 710. The molecule has 0 fully saturated rings. The van der Waals surface area contributed by atoms with E-state index in [4.69, 9.17) is 4.74 Å². The van der Waals surface area contributed by atoms with E-state index in [0.717, 1.165) is 17.0 Å². The molecule has 2 aromatic rings. The van der Waals surface area contributed by atoms with Gasteiger partial charge in [-0.2, -0.15) is 5.10 Å². The van der Waals surface area contributed by atoms with Crippen LogP contribution in [0, 0.1) is 0 Å². The highest BCUT2D eigenvalue weighted by Gasteiger charge is 2.31. The molecule has 3 rings (SSSR count). The van der Waals surface area contributed by atoms with Gasteiger partial charge in [0.2, 0.25) is 0 Å². The molecule has 4 nitrogen and oxygen atoms in total. The Morgan fingerprint density at radius 1 is 1.33 bits per heavy atom. The lowest BCUT2D eigenvalue weighted by atomic mass is 10.0. The first-order valence-corrected chi connectivity index (χ1v) is 7.09. The Morgan fingerprint density at radius 3 is 2.71 bits per heavy atom. The Morgan fingerprint density at radius 2 is 2.05 bits per heavy atom. The van der Waals surface area contributed by atoms with Crippen molar-refractivity contribution < 1.29 is 9.53 Å². The van der Waals surface area contributed by atoms with Crippen molar-refractivity contribution in [2.24, 2.45) is 0 Å². The van der Waals surface area contributed by atoms with Crippen LogP contribution in [0.25, 0.3) is 11.8 Å². The SMILES string of the molecule is CC(C)=Cc1nn(-c2ccccc2)c2c1C(=O)OC(C)C2. The minimum Gasteiger partial charge on any atom is -0.459 e. The molecule has 4 heteroatoms. The lowest BCUT2D eigenvalue weighted by Gasteiger charge is -2.20. The fraction of sp³-hybridized carbons (Fsp3) is 0.294. The van der Waals surface area contributed by atoms with Gasteiger partial charge in [-0.05, 0) is 39.0 Å². The van der Waals surface area contributed by atoms with Gasteiger partial charge in [0.05, 0.1) is 11.4 Å². The van der Waals surface area contributed by atoms with Crippen LogP contribution in [0.5, 0.6) is 0 Å². The summed E-state index contributed by atoms with van der Waals surface area (Å²) in [5.41, 5.74) is 4.27. The lowest BCUT2D eigenvalue weighted by molar-refractivity contribution is 0.0297. The highest BCUT2D eigenvalue weighted by Crippen LogP contribution is 2.27. The van der Waals surface area contributed by atoms with Gasteiger partial charge in [0, 0.05) is 6.42 Å². The number of carbonyl (C=O) groups is 1. The van der Waals surface area contributed by atoms with E-state index in [1.807, 2.05) is 61.9 Å². The van der Waals surface area contributed by atoms with Crippen LogP contribution in [0.4, 0.5) is 0 Å². The van der Waals surface area contributed by atoms with Crippen molar-refractivity contribution in [2.75, 3.05) is 0 Å². The van der Waals surface area contributed by atoms with Crippen molar-refractivity contribution in [3.05, 3.63) is 52.9 Å². The van der Waals surface area contributed by atoms with Crippen molar-refractivity contribution in [1.29, 1.82) is 0 Å². The Labute approximate surface area is 124 Å². The molecule has 0 saturated carbocycles. The number of ether oxygens (including phenoxy) is 1. The molecule has 108 valence electrons. The second-order valence-corrected chi connectivity index (χ2v) is 5.60. The Balaban J connectivity index is 2.23. The number of fused-ring (bicyclic) bond motifs is 1. The molecule has 1 aromatic heterocycles. The molecule has 1 unspecified atom stereocenters. The van der Waals surface area contributed by atoms with E-state index < -0.39 is 0 Å². The zero-order valence-electron chi connectivity index (χ0n) is 12.5. The van der Waals surface area contributed by atoms with Crippen molar-refractivity contribution >= 4 is 12.0 Å². The summed E-state index contributed by atoms with van der Waals surface area (Å²) in [5.74, 6) is -0.279. The van der Waals surface area contributed by atoms with Crippen LogP contribution in [-0.4, -0.2) is 21.9 Å². The van der Waals surface area contributed by atoms with E-state index >= 15 is 0 Å². The maximum Gasteiger partial charge on any atom is 0.342 e. The van der Waals surface area contributed by atoms with Gasteiger partial charge in [-0.25, -0.2) is 9.48 Å². The summed E-state index contributed by atoms with van der Waals surface area (Å²) in [6.07, 6.45) is 2.48. The van der Waals surface area contributed by atoms with Gasteiger partial charge in [-0.3, -0.25) is 0 Å². The first kappa shape index (κ1) is 13.6. The second kappa shape index (κ2) is 5.20. The van der Waals surface area contributed by atoms with Gasteiger partial charge in [0.15, 0.2) is 0 Å². The molecule has 0 N–H and O–H groups in total. The number of benzene rings is 1. The molecule has 21 heavy (non-hydrogen) atoms. The molecule has 2 heterocycles. The van der Waals surface area contributed by atoms with E-state index in [-0.39, 0.29) is 12.1 Å². The minimum atomic E-state index is -0.279. The molecule has 0 spiro atoms. The van der Waals surface area contributed by atoms with Gasteiger partial charge in [0.1, 0.15) is 17.4 Å². The highest BCUT2D eigenvalue weighted by atomic mass is 16.5. The highest BCUT2D eigenvalue weighted by molar-refractivity contribution is 5.95. The minimum absolute atomic E-state index is 0.122. The average molecular weight is 282 g/mol. The number of rotatable bonds is 2. The van der Waals surface area contributed by atoms with Crippen LogP contribution >= 0.6 is 0 Å². The van der Waals surface area contributed by atoms with Gasteiger partial charge >= 0.3 is 5.97 Å². The molecule has 0 radical (unpaired) electrons. The summed E-state index contributed by atoms with van der Waals surface area (Å²) < 4.78 is 7.22. The van der Waals surface area contributed by atoms with Gasteiger partial charge in [-0.15, -0.1) is 0 Å². The van der Waals surface area contributed by atoms with Gasteiger partial charge in [0.25, 0.3) is 0 Å². The molecule has 1 aromatic carbocycles. The van der Waals surface area contributed by atoms with Crippen LogP contribution < -0.4 is 0 Å². The number of aromatic nitrogens is 2. The molecule has 1 aliphatic heterocycles. The average Bonchev–Trinajstić information content (AvgIpc) is 2.77. The summed E-state index contributed by atoms with van der Waals surface area (Å²) in [6.45, 7) is 5.89. The summed E-state index contributed by atoms with van der Waals surface area (Å²) in [5, 5.41) is 4.63. The standard InChI is InChI=1S/C17H18N2O2/c1-11(2)9-14-16-15(10-12(3)21-17(16)20)19(18-14)13-7-5-4-6-8-13/h4-9,12H,10H2,1-3H3. The quantitative estimate of drug-likeness (QED) is 0.793. The molecule has 0 bridgehead atoms. The first-order chi connectivity index (χ1) is 10.1. The van der Waals surface area contributed by atoms with Gasteiger partial charge < -0.3 is 4.74 Å². The number of nitrogens with zero attached hydrogens (tertiary/aromatic N) is 2. The number of cyclic esters (lactones) is 1. The number of esters is 1. The Kier molecular flexibility index (Phi) is 3.37. The molecule has 1 aliphatic rings. The van der Waals surface area contributed by atoms with E-state index in [9.17, 15) is 4.79 Å². The predicted octanol–water partition coefficient (Wildman–Crippen LogP) is 3.40. The van der Waals surface area contributed by atoms with E-state index in [0.29, 0.717) is 17.7 Å². The van der Waals surface area contributed by atoms with Crippen molar-refractivity contribution in [3.63, 3.8) is 0 Å². The smallest absolute Gasteiger partial charge is 0.342 e. The van der Waals surface area contributed by atoms with Crippen LogP contribution in [0.1, 0.15) is 42.5 Å². The molecular weight excluding hydrogens is 264 g/mol. The van der Waals surface area contributed by atoms with E-state index in [2.05, 4.69) is 5.10 Å². The third kappa shape index (κ3) is 2.49. The van der Waals surface area contributed by atoms with Gasteiger partial charge in [-0.1, -0.05) is 23.8 Å². The Hall–Kier alpha value is -2.36. The fourth-order valence-corrected chi connectivity index (χ4v) is 2.60. The largest absolute Gasteiger partial charge is 0.459 e. The fourth-order valence-electron chi connectivity index (χ4n) is 2.60. The molecule has 1 atom stereocenters. The number of carbonyl (C=O) groups excluding carboxylic acids is 1. The summed E-state index contributed by atoms with van der Waals surface area (Å²) in [4.78, 5) is 12.2. The number of hydrogen-bond donors (Lipinski definition) is 0. The van der Waals surface area contributed by atoms with Crippen LogP contribution in [0.2, 0.25) is 0 Å². The number of para-hydroxylation sites is 1. The second-order valence-electron chi connectivity index (χ2n) is 5.60. The van der Waals surface area contributed by atoms with Crippen LogP contribution in [0.15, 0.2) is 35.9 Å². The predicted molar refractivity (Wildman–Crippen MR) is 81.5 cm³/mol. The van der Waals surface area contributed by atoms with E-state index in [1.165, 1.54) is 0 Å². The third-order valence-electron chi connectivity index (χ3n) is 3.43. The first-order valence-electron chi connectivity index (χ1n) is 7.09. The monoisotopic (exact) mass is 282 g/mol. The summed E-state index contributed by atoms with van der Waals surface area (Å²) >= 11 is 0. The molecule has 0 amide bonds. The number of hydrogen-bond acceptors (Lipinski definition) is 3. The maximum absolute atomic E-state index is 12.2. The third-order valence-corrected chi connectivity index (χ3v) is 3.43. The lowest BCUT2D eigenvalue weighted by Crippen LogP contribution is -2.26. The zero-order valence-corrected chi connectivity index (χ0v) is 12.5. The topological polar surface area (TPSA) is 44.1 Å². The van der Waals surface area contributed by atoms with E-state index in [1.54, 1.807) is 0 Å². The molecule has 0 aliphatic carbocycles. The van der Waals surface area contributed by atoms with Crippen LogP contribution in [-0.2, 0) is 11.2 Å². The summed E-state index contributed by atoms with van der Waals surface area (Å²) in [6, 6.07) is 9.88. The molecular formula is C17H18N2O2. The number of allylic oxidation sites excluding steroid dienone is 1. The van der Waals surface area contributed by atoms with Crippen molar-refractivity contribution in [1.82, 2.24) is 9.78 Å². The van der Waals surface area contributed by atoms with Crippen molar-refractivity contribution in [3.8, 4) is 5.69 Å². The zero-order chi connectivity index (χ0) is 15.0.